The molecular formula is C22H16ClNO3. The van der Waals surface area contributed by atoms with Crippen LogP contribution in [-0.4, -0.2) is 16.8 Å². The monoisotopic (exact) mass is 377 g/mol. The lowest BCUT2D eigenvalue weighted by atomic mass is 9.89. The molecule has 4 nitrogen and oxygen atoms in total. The van der Waals surface area contributed by atoms with Crippen LogP contribution in [0.5, 0.6) is 0 Å². The van der Waals surface area contributed by atoms with Crippen LogP contribution in [-0.2, 0) is 15.2 Å². The van der Waals surface area contributed by atoms with E-state index in [4.69, 9.17) is 11.6 Å². The third-order valence-electron chi connectivity index (χ3n) is 4.75. The number of nitrogens with one attached hydrogen (secondary N) is 1. The molecule has 0 radical (unpaired) electrons. The Labute approximate surface area is 161 Å². The van der Waals surface area contributed by atoms with E-state index in [1.165, 1.54) is 6.08 Å². The Bertz CT molecular complexity index is 1100. The van der Waals surface area contributed by atoms with Crippen molar-refractivity contribution in [1.82, 2.24) is 0 Å². The van der Waals surface area contributed by atoms with Gasteiger partial charge in [0, 0.05) is 16.3 Å². The fraction of sp³-hybridized carbons (Fsp3) is 0.0909. The van der Waals surface area contributed by atoms with E-state index in [2.05, 4.69) is 5.32 Å². The first kappa shape index (κ1) is 17.5. The number of fused-ring (bicyclic) bond motifs is 2. The Hall–Kier alpha value is -2.95. The van der Waals surface area contributed by atoms with Crippen molar-refractivity contribution in [3.63, 3.8) is 0 Å². The molecule has 4 rings (SSSR count). The summed E-state index contributed by atoms with van der Waals surface area (Å²) >= 11 is 6.16. The van der Waals surface area contributed by atoms with E-state index in [1.807, 2.05) is 42.5 Å². The van der Waals surface area contributed by atoms with Crippen LogP contribution in [0.25, 0.3) is 16.8 Å². The molecular weight excluding hydrogens is 362 g/mol. The van der Waals surface area contributed by atoms with Gasteiger partial charge in [0.05, 0.1) is 6.42 Å². The van der Waals surface area contributed by atoms with Crippen LogP contribution < -0.4 is 5.32 Å². The number of allylic oxidation sites excluding steroid dienone is 1. The standard InChI is InChI=1S/C22H16ClNO3/c23-18-9-4-10-19-20(18)22(27,21(26)24-19)13-16(25)12-11-15-7-3-6-14-5-1-2-8-17(14)15/h1-12,27H,13H2,(H,24,26)/b12-11+/t22-/m1/s1. The maximum Gasteiger partial charge on any atom is 0.261 e. The molecule has 27 heavy (non-hydrogen) atoms. The predicted molar refractivity (Wildman–Crippen MR) is 107 cm³/mol. The molecule has 0 fully saturated rings. The third-order valence-corrected chi connectivity index (χ3v) is 5.07. The van der Waals surface area contributed by atoms with Gasteiger partial charge in [-0.3, -0.25) is 9.59 Å². The highest BCUT2D eigenvalue weighted by Crippen LogP contribution is 2.42. The van der Waals surface area contributed by atoms with Crippen molar-refractivity contribution in [1.29, 1.82) is 0 Å². The first-order chi connectivity index (χ1) is 13.0. The Balaban J connectivity index is 1.62. The second-order valence-corrected chi connectivity index (χ2v) is 6.93. The number of carbonyl (C=O) groups excluding carboxylic acids is 2. The summed E-state index contributed by atoms with van der Waals surface area (Å²) in [5, 5.41) is 15.8. The minimum absolute atomic E-state index is 0.249. The second-order valence-electron chi connectivity index (χ2n) is 6.52. The molecule has 3 aromatic carbocycles. The minimum atomic E-state index is -1.96. The molecule has 1 heterocycles. The Kier molecular flexibility index (Phi) is 4.30. The molecule has 1 amide bonds. The van der Waals surface area contributed by atoms with Crippen LogP contribution in [0.2, 0.25) is 5.02 Å². The zero-order valence-corrected chi connectivity index (χ0v) is 15.0. The van der Waals surface area contributed by atoms with Crippen molar-refractivity contribution in [2.24, 2.45) is 0 Å². The number of hydrogen-bond donors (Lipinski definition) is 2. The van der Waals surface area contributed by atoms with E-state index in [9.17, 15) is 14.7 Å². The molecule has 2 N–H and O–H groups in total. The van der Waals surface area contributed by atoms with Gasteiger partial charge in [-0.05, 0) is 34.5 Å². The molecule has 0 aromatic heterocycles. The van der Waals surface area contributed by atoms with E-state index in [-0.39, 0.29) is 22.8 Å². The summed E-state index contributed by atoms with van der Waals surface area (Å²) in [5.41, 5.74) is -0.388. The first-order valence-corrected chi connectivity index (χ1v) is 8.88. The smallest absolute Gasteiger partial charge is 0.261 e. The highest BCUT2D eigenvalue weighted by atomic mass is 35.5. The normalized spacial score (nSPS) is 18.7. The van der Waals surface area contributed by atoms with Crippen LogP contribution in [0, 0.1) is 0 Å². The Morgan fingerprint density at radius 3 is 2.67 bits per heavy atom. The Morgan fingerprint density at radius 2 is 1.81 bits per heavy atom. The molecule has 1 atom stereocenters. The number of halogens is 1. The van der Waals surface area contributed by atoms with E-state index in [1.54, 1.807) is 24.3 Å². The lowest BCUT2D eigenvalue weighted by Crippen LogP contribution is -2.36. The fourth-order valence-corrected chi connectivity index (χ4v) is 3.78. The summed E-state index contributed by atoms with van der Waals surface area (Å²) in [5.74, 6) is -1.01. The van der Waals surface area contributed by atoms with Crippen molar-refractivity contribution in [2.75, 3.05) is 5.32 Å². The average molecular weight is 378 g/mol. The SMILES string of the molecule is O=C(/C=C/c1cccc2ccccc12)C[C@]1(O)C(=O)Nc2cccc(Cl)c21. The summed E-state index contributed by atoms with van der Waals surface area (Å²) in [7, 11) is 0. The number of carbonyl (C=O) groups is 2. The lowest BCUT2D eigenvalue weighted by Gasteiger charge is -2.20. The third kappa shape index (κ3) is 3.03. The average Bonchev–Trinajstić information content (AvgIpc) is 2.91. The topological polar surface area (TPSA) is 66.4 Å². The van der Waals surface area contributed by atoms with Crippen LogP contribution in [0.3, 0.4) is 0 Å². The lowest BCUT2D eigenvalue weighted by molar-refractivity contribution is -0.138. The largest absolute Gasteiger partial charge is 0.375 e. The molecule has 0 spiro atoms. The summed E-state index contributed by atoms with van der Waals surface area (Å²) in [6.07, 6.45) is 2.72. The Morgan fingerprint density at radius 1 is 1.07 bits per heavy atom. The molecule has 0 aliphatic carbocycles. The number of rotatable bonds is 4. The number of benzene rings is 3. The molecule has 1 aliphatic heterocycles. The van der Waals surface area contributed by atoms with E-state index < -0.39 is 11.5 Å². The van der Waals surface area contributed by atoms with E-state index >= 15 is 0 Å². The summed E-state index contributed by atoms with van der Waals surface area (Å²) in [6.45, 7) is 0. The zero-order chi connectivity index (χ0) is 19.0. The van der Waals surface area contributed by atoms with Crippen LogP contribution >= 0.6 is 11.6 Å². The second kappa shape index (κ2) is 6.65. The van der Waals surface area contributed by atoms with E-state index in [0.29, 0.717) is 5.69 Å². The van der Waals surface area contributed by atoms with Crippen LogP contribution in [0.4, 0.5) is 5.69 Å². The highest BCUT2D eigenvalue weighted by Gasteiger charge is 2.47. The molecule has 1 aliphatic rings. The fourth-order valence-electron chi connectivity index (χ4n) is 3.45. The molecule has 0 unspecified atom stereocenters. The first-order valence-electron chi connectivity index (χ1n) is 8.50. The summed E-state index contributed by atoms with van der Waals surface area (Å²) in [4.78, 5) is 24.8. The van der Waals surface area contributed by atoms with E-state index in [0.717, 1.165) is 16.3 Å². The van der Waals surface area contributed by atoms with Crippen LogP contribution in [0.1, 0.15) is 17.5 Å². The molecule has 0 saturated carbocycles. The zero-order valence-electron chi connectivity index (χ0n) is 14.3. The van der Waals surface area contributed by atoms with Crippen molar-refractivity contribution in [3.05, 3.63) is 82.9 Å². The van der Waals surface area contributed by atoms with Gasteiger partial charge < -0.3 is 10.4 Å². The molecule has 3 aromatic rings. The van der Waals surface area contributed by atoms with Crippen LogP contribution in [0.15, 0.2) is 66.7 Å². The minimum Gasteiger partial charge on any atom is -0.375 e. The van der Waals surface area contributed by atoms with Gasteiger partial charge in [-0.2, -0.15) is 0 Å². The van der Waals surface area contributed by atoms with Gasteiger partial charge in [0.2, 0.25) is 0 Å². The van der Waals surface area contributed by atoms with Gasteiger partial charge in [0.1, 0.15) is 0 Å². The van der Waals surface area contributed by atoms with Crippen molar-refractivity contribution < 1.29 is 14.7 Å². The molecule has 5 heteroatoms. The number of hydrogen-bond acceptors (Lipinski definition) is 3. The maximum atomic E-state index is 12.5. The molecule has 0 saturated heterocycles. The molecule has 134 valence electrons. The van der Waals surface area contributed by atoms with Crippen molar-refractivity contribution >= 4 is 45.8 Å². The predicted octanol–water partition coefficient (Wildman–Crippen LogP) is 4.31. The van der Waals surface area contributed by atoms with Crippen molar-refractivity contribution in [3.8, 4) is 0 Å². The van der Waals surface area contributed by atoms with Gasteiger partial charge in [-0.15, -0.1) is 0 Å². The van der Waals surface area contributed by atoms with Gasteiger partial charge in [0.25, 0.3) is 5.91 Å². The number of ketones is 1. The van der Waals surface area contributed by atoms with Gasteiger partial charge in [-0.1, -0.05) is 66.2 Å². The number of aliphatic hydroxyl groups is 1. The highest BCUT2D eigenvalue weighted by molar-refractivity contribution is 6.33. The van der Waals surface area contributed by atoms with Crippen molar-refractivity contribution in [2.45, 2.75) is 12.0 Å². The maximum absolute atomic E-state index is 12.5. The summed E-state index contributed by atoms with van der Waals surface area (Å²) < 4.78 is 0. The van der Waals surface area contributed by atoms with Gasteiger partial charge in [-0.25, -0.2) is 0 Å². The number of anilines is 1. The van der Waals surface area contributed by atoms with Gasteiger partial charge in [0.15, 0.2) is 11.4 Å². The summed E-state index contributed by atoms with van der Waals surface area (Å²) in [6, 6.07) is 18.6. The number of amides is 1. The molecule has 0 bridgehead atoms. The quantitative estimate of drug-likeness (QED) is 0.666. The van der Waals surface area contributed by atoms with Gasteiger partial charge >= 0.3 is 0 Å².